The average molecular weight is 713 g/mol. The molecule has 4 heterocycles. The first-order chi connectivity index (χ1) is 25.2. The molecule has 3 amide bonds. The molecule has 6 rings (SSSR count). The molecule has 8 atom stereocenters. The number of aromatic nitrogens is 3. The van der Waals surface area contributed by atoms with Crippen molar-refractivity contribution < 1.29 is 33.8 Å². The van der Waals surface area contributed by atoms with Crippen LogP contribution in [0.25, 0.3) is 11.0 Å². The number of fused-ring (bicyclic) bond motifs is 2. The second-order valence-electron chi connectivity index (χ2n) is 14.0. The lowest BCUT2D eigenvalue weighted by atomic mass is 9.70. The molecule has 52 heavy (non-hydrogen) atoms. The Hall–Kier alpha value is -4.88. The molecule has 3 aliphatic rings. The monoisotopic (exact) mass is 712 g/mol. The van der Waals surface area contributed by atoms with Gasteiger partial charge in [-0.25, -0.2) is 4.68 Å². The van der Waals surface area contributed by atoms with Crippen LogP contribution in [0.15, 0.2) is 79.9 Å². The molecule has 2 N–H and O–H groups in total. The number of nitrogens with one attached hydrogen (secondary N) is 1. The second-order valence-corrected chi connectivity index (χ2v) is 14.0. The summed E-state index contributed by atoms with van der Waals surface area (Å²) < 4.78 is 13.9. The van der Waals surface area contributed by atoms with Crippen molar-refractivity contribution in [2.45, 2.75) is 82.5 Å². The number of likely N-dealkylation sites (tertiary alicyclic amines) is 1. The maximum Gasteiger partial charge on any atom is 0.306 e. The molecule has 0 unspecified atom stereocenters. The molecular formula is C39H48N6O7. The van der Waals surface area contributed by atoms with Gasteiger partial charge in [0.15, 0.2) is 0 Å². The van der Waals surface area contributed by atoms with Gasteiger partial charge in [0, 0.05) is 13.0 Å². The van der Waals surface area contributed by atoms with Gasteiger partial charge < -0.3 is 29.7 Å². The molecular weight excluding hydrogens is 664 g/mol. The summed E-state index contributed by atoms with van der Waals surface area (Å²) in [4.78, 5) is 59.7. The van der Waals surface area contributed by atoms with Crippen molar-refractivity contribution in [3.05, 3.63) is 85.5 Å². The zero-order valence-corrected chi connectivity index (χ0v) is 29.8. The number of amides is 3. The fraction of sp³-hybridized carbons (Fsp3) is 0.487. The topological polar surface area (TPSA) is 156 Å². The van der Waals surface area contributed by atoms with E-state index in [4.69, 9.17) is 9.47 Å². The molecule has 0 aliphatic carbocycles. The minimum absolute atomic E-state index is 0.0371. The largest absolute Gasteiger partial charge is 0.463 e. The third-order valence-corrected chi connectivity index (χ3v) is 11.0. The van der Waals surface area contributed by atoms with E-state index >= 15 is 0 Å². The van der Waals surface area contributed by atoms with Gasteiger partial charge in [0.05, 0.1) is 42.1 Å². The number of carbonyl (C=O) groups is 4. The van der Waals surface area contributed by atoms with Crippen molar-refractivity contribution in [3.8, 4) is 0 Å². The van der Waals surface area contributed by atoms with Gasteiger partial charge in [0.1, 0.15) is 30.4 Å². The summed E-state index contributed by atoms with van der Waals surface area (Å²) in [5.74, 6) is -3.65. The number of aliphatic hydroxyl groups is 1. The van der Waals surface area contributed by atoms with Crippen LogP contribution in [0.1, 0.15) is 57.6 Å². The first-order valence-electron chi connectivity index (χ1n) is 18.1. The Balaban J connectivity index is 1.33. The number of hydrogen-bond acceptors (Lipinski definition) is 9. The van der Waals surface area contributed by atoms with E-state index in [0.29, 0.717) is 31.2 Å². The number of hydrogen-bond donors (Lipinski definition) is 2. The summed E-state index contributed by atoms with van der Waals surface area (Å²) in [6.45, 7) is 11.2. The van der Waals surface area contributed by atoms with Gasteiger partial charge in [-0.3, -0.25) is 19.2 Å². The summed E-state index contributed by atoms with van der Waals surface area (Å²) in [7, 11) is 0. The van der Waals surface area contributed by atoms with E-state index in [-0.39, 0.29) is 44.7 Å². The van der Waals surface area contributed by atoms with E-state index in [9.17, 15) is 24.3 Å². The van der Waals surface area contributed by atoms with E-state index in [2.05, 4.69) is 28.8 Å². The fourth-order valence-corrected chi connectivity index (χ4v) is 8.21. The highest BCUT2D eigenvalue weighted by molar-refractivity contribution is 5.99. The van der Waals surface area contributed by atoms with Gasteiger partial charge in [-0.2, -0.15) is 0 Å². The van der Waals surface area contributed by atoms with Gasteiger partial charge >= 0.3 is 5.97 Å². The Morgan fingerprint density at radius 2 is 1.90 bits per heavy atom. The summed E-state index contributed by atoms with van der Waals surface area (Å²) in [6.07, 6.45) is 4.78. The molecule has 13 nitrogen and oxygen atoms in total. The third kappa shape index (κ3) is 6.74. The number of para-hydroxylation sites is 1. The molecule has 1 aromatic heterocycles. The third-order valence-electron chi connectivity index (χ3n) is 11.0. The lowest BCUT2D eigenvalue weighted by molar-refractivity contribution is -0.153. The van der Waals surface area contributed by atoms with Crippen LogP contribution in [-0.2, 0) is 35.3 Å². The SMILES string of the molecule is C=CCCC(=O)OC[C@H](NC(=O)[C@@H]1[C@@H]2CC[C@]3(O2)[C@H](C(=O)N(CC=C)Cn2nnc4ccccc42)N([C@@H](CO)[C@@H](C)CC)C(=O)[C@@H]13)c1ccccc1. The Morgan fingerprint density at radius 1 is 1.15 bits per heavy atom. The van der Waals surface area contributed by atoms with Crippen LogP contribution in [0, 0.1) is 17.8 Å². The lowest BCUT2D eigenvalue weighted by Gasteiger charge is -2.40. The number of ether oxygens (including phenoxy) is 2. The first-order valence-corrected chi connectivity index (χ1v) is 18.1. The maximum absolute atomic E-state index is 15.0. The highest BCUT2D eigenvalue weighted by Crippen LogP contribution is 2.59. The number of esters is 1. The van der Waals surface area contributed by atoms with Gasteiger partial charge in [-0.1, -0.05) is 80.1 Å². The first kappa shape index (κ1) is 36.9. The number of rotatable bonds is 17. The molecule has 3 aromatic rings. The van der Waals surface area contributed by atoms with Crippen LogP contribution >= 0.6 is 0 Å². The molecule has 2 bridgehead atoms. The zero-order chi connectivity index (χ0) is 37.0. The molecule has 3 fully saturated rings. The molecule has 0 saturated carbocycles. The van der Waals surface area contributed by atoms with Gasteiger partial charge in [-0.15, -0.1) is 18.3 Å². The molecule has 13 heteroatoms. The Kier molecular flexibility index (Phi) is 11.2. The Bertz CT molecular complexity index is 1800. The summed E-state index contributed by atoms with van der Waals surface area (Å²) >= 11 is 0. The van der Waals surface area contributed by atoms with Gasteiger partial charge in [0.2, 0.25) is 17.7 Å². The normalized spacial score (nSPS) is 25.0. The smallest absolute Gasteiger partial charge is 0.306 e. The van der Waals surface area contributed by atoms with Crippen LogP contribution in [0.2, 0.25) is 0 Å². The molecule has 3 aliphatic heterocycles. The number of carbonyl (C=O) groups excluding carboxylic acids is 4. The van der Waals surface area contributed by atoms with Crippen LogP contribution in [0.4, 0.5) is 0 Å². The average Bonchev–Trinajstić information content (AvgIpc) is 3.92. The van der Waals surface area contributed by atoms with Crippen molar-refractivity contribution in [2.75, 3.05) is 19.8 Å². The molecule has 3 saturated heterocycles. The van der Waals surface area contributed by atoms with Crippen LogP contribution in [0.3, 0.4) is 0 Å². The predicted molar refractivity (Wildman–Crippen MR) is 192 cm³/mol. The van der Waals surface area contributed by atoms with Crippen LogP contribution in [-0.4, -0.2) is 97.1 Å². The van der Waals surface area contributed by atoms with Crippen molar-refractivity contribution in [1.29, 1.82) is 0 Å². The molecule has 0 radical (unpaired) electrons. The van der Waals surface area contributed by atoms with Crippen LogP contribution < -0.4 is 5.32 Å². The van der Waals surface area contributed by atoms with Gasteiger partial charge in [0.25, 0.3) is 0 Å². The second kappa shape index (κ2) is 15.8. The highest BCUT2D eigenvalue weighted by Gasteiger charge is 2.75. The Labute approximate surface area is 303 Å². The van der Waals surface area contributed by atoms with Crippen LogP contribution in [0.5, 0.6) is 0 Å². The summed E-state index contributed by atoms with van der Waals surface area (Å²) in [5, 5.41) is 22.4. The zero-order valence-electron chi connectivity index (χ0n) is 29.8. The van der Waals surface area contributed by atoms with Crippen molar-refractivity contribution in [3.63, 3.8) is 0 Å². The predicted octanol–water partition coefficient (Wildman–Crippen LogP) is 3.55. The number of allylic oxidation sites excluding steroid dienone is 1. The minimum Gasteiger partial charge on any atom is -0.463 e. The number of benzene rings is 2. The van der Waals surface area contributed by atoms with Crippen molar-refractivity contribution >= 4 is 34.7 Å². The van der Waals surface area contributed by atoms with Crippen molar-refractivity contribution in [1.82, 2.24) is 30.1 Å². The Morgan fingerprint density at radius 3 is 2.62 bits per heavy atom. The molecule has 276 valence electrons. The standard InChI is InChI=1S/C39H48N6O7/c1-5-8-18-32(47)51-23-28(26-14-10-9-11-15-26)40-36(48)33-31-19-20-39(52-31)34(33)37(49)45(30(22-46)25(4)7-3)35(39)38(50)43(21-6-2)24-44-29-17-13-12-16-27(29)41-42-44/h5-6,9-17,25,28,30-31,33-35,46H,1-2,7-8,18-24H2,3-4H3,(H,40,48)/t25-,28-,30-,31-,33+,34+,35-,39+/m0/s1. The van der Waals surface area contributed by atoms with E-state index in [1.807, 2.05) is 68.4 Å². The molecule has 2 aromatic carbocycles. The maximum atomic E-state index is 15.0. The van der Waals surface area contributed by atoms with E-state index in [0.717, 1.165) is 11.1 Å². The van der Waals surface area contributed by atoms with E-state index < -0.39 is 59.5 Å². The van der Waals surface area contributed by atoms with Gasteiger partial charge in [-0.05, 0) is 42.9 Å². The number of aliphatic hydroxyl groups excluding tert-OH is 1. The van der Waals surface area contributed by atoms with Crippen molar-refractivity contribution in [2.24, 2.45) is 17.8 Å². The summed E-state index contributed by atoms with van der Waals surface area (Å²) in [6, 6.07) is 14.1. The molecule has 1 spiro atoms. The van der Waals surface area contributed by atoms with E-state index in [1.54, 1.807) is 21.7 Å². The lowest BCUT2D eigenvalue weighted by Crippen LogP contribution is -2.60. The minimum atomic E-state index is -1.30. The summed E-state index contributed by atoms with van der Waals surface area (Å²) in [5.41, 5.74) is 0.845. The van der Waals surface area contributed by atoms with E-state index in [1.165, 1.54) is 4.90 Å². The quantitative estimate of drug-likeness (QED) is 0.158. The number of nitrogens with zero attached hydrogens (tertiary/aromatic N) is 5. The fourth-order valence-electron chi connectivity index (χ4n) is 8.21. The highest BCUT2D eigenvalue weighted by atomic mass is 16.5.